The largest absolute Gasteiger partial charge is 0.393 e. The Morgan fingerprint density at radius 3 is 1.26 bits per heavy atom. The minimum atomic E-state index is -0.721. The van der Waals surface area contributed by atoms with Crippen molar-refractivity contribution in [3.05, 3.63) is 35.4 Å². The molecule has 1 aromatic carbocycles. The molecule has 4 amide bonds. The van der Waals surface area contributed by atoms with Crippen LogP contribution in [0.4, 0.5) is 0 Å². The fourth-order valence-corrected chi connectivity index (χ4v) is 20.8. The Bertz CT molecular complexity index is 2240. The van der Waals surface area contributed by atoms with Gasteiger partial charge in [-0.1, -0.05) is 65.8 Å². The lowest BCUT2D eigenvalue weighted by Gasteiger charge is -2.63. The summed E-state index contributed by atoms with van der Waals surface area (Å²) in [6, 6.07) is 6.19. The second-order valence-corrected chi connectivity index (χ2v) is 30.1. The number of hydrogen-bond acceptors (Lipinski definition) is 12. The molecule has 0 spiro atoms. The molecule has 474 valence electrons. The highest BCUT2D eigenvalue weighted by Crippen LogP contribution is 2.70. The molecule has 8 aliphatic rings. The first-order valence-electron chi connectivity index (χ1n) is 33.7. The lowest BCUT2D eigenvalue weighted by Crippen LogP contribution is -2.62. The predicted octanol–water partition coefficient (Wildman–Crippen LogP) is 6.90. The molecule has 16 heteroatoms. The van der Waals surface area contributed by atoms with E-state index in [0.29, 0.717) is 64.5 Å². The lowest BCUT2D eigenvalue weighted by molar-refractivity contribution is -0.207. The van der Waals surface area contributed by atoms with Crippen molar-refractivity contribution in [1.82, 2.24) is 21.3 Å². The molecule has 16 nitrogen and oxygen atoms in total. The number of nitrogens with one attached hydrogen (secondary N) is 4. The zero-order valence-corrected chi connectivity index (χ0v) is 52.1. The minimum absolute atomic E-state index is 0.00867. The molecule has 24 atom stereocenters. The molecule has 0 bridgehead atoms. The molecule has 14 N–H and O–H groups in total. The first kappa shape index (κ1) is 65.2. The molecule has 0 radical (unpaired) electrons. The van der Waals surface area contributed by atoms with E-state index in [2.05, 4.69) is 62.8 Å². The number of carbonyl (C=O) groups excluding carboxylic acids is 4. The van der Waals surface area contributed by atoms with Gasteiger partial charge in [0.2, 0.25) is 23.6 Å². The van der Waals surface area contributed by atoms with E-state index >= 15 is 0 Å². The van der Waals surface area contributed by atoms with Crippen molar-refractivity contribution in [3.8, 4) is 0 Å². The van der Waals surface area contributed by atoms with E-state index in [1.165, 1.54) is 0 Å². The number of carbonyl (C=O) groups is 4. The van der Waals surface area contributed by atoms with E-state index in [-0.39, 0.29) is 154 Å². The summed E-state index contributed by atoms with van der Waals surface area (Å²) in [4.78, 5) is 54.9. The molecular formula is C68H112N6O10. The van der Waals surface area contributed by atoms with Gasteiger partial charge in [-0.25, -0.2) is 0 Å². The topological polar surface area (TPSA) is 290 Å². The highest BCUT2D eigenvalue weighted by molar-refractivity contribution is 5.88. The second-order valence-electron chi connectivity index (χ2n) is 30.1. The summed E-state index contributed by atoms with van der Waals surface area (Å²) in [5.74, 6) is 1.48. The Kier molecular flexibility index (Phi) is 21.2. The SMILES string of the molecule is C[C@H](CCC(=O)N[C@@H](CCCCN)C(=O)NCc1ccc(CNC(=O)[C@H](CCCCN)NC(=O)CC[C@@H](C)[C@H]2CC[C@H]3[C@@H]4[C@H](O)C[C@@H]5C[C@H](O)CC[C@]5(C)[C@H]4C[C@H](O)[C@]23C)cc1)[C@H]1CC[C@H]2[C@@H]3[C@H](O)C[C@@H]4C[C@H](O)CC[C@]4(C)[C@H]3C[C@H](O)[C@]12C. The van der Waals surface area contributed by atoms with Gasteiger partial charge in [-0.3, -0.25) is 19.2 Å². The summed E-state index contributed by atoms with van der Waals surface area (Å²) >= 11 is 0. The fourth-order valence-electron chi connectivity index (χ4n) is 20.8. The van der Waals surface area contributed by atoms with E-state index in [4.69, 9.17) is 11.5 Å². The maximum atomic E-state index is 13.8. The molecule has 0 aliphatic heterocycles. The number of aliphatic hydroxyl groups excluding tert-OH is 6. The van der Waals surface area contributed by atoms with Crippen LogP contribution in [0.1, 0.15) is 207 Å². The summed E-state index contributed by atoms with van der Waals surface area (Å²) in [5.41, 5.74) is 12.7. The van der Waals surface area contributed by atoms with Crippen LogP contribution >= 0.6 is 0 Å². The van der Waals surface area contributed by atoms with Crippen molar-refractivity contribution >= 4 is 23.6 Å². The molecule has 9 rings (SSSR count). The summed E-state index contributed by atoms with van der Waals surface area (Å²) < 4.78 is 0. The van der Waals surface area contributed by atoms with Crippen molar-refractivity contribution < 1.29 is 49.8 Å². The third-order valence-electron chi connectivity index (χ3n) is 25.8. The molecule has 8 fully saturated rings. The molecule has 0 aromatic heterocycles. The summed E-state index contributed by atoms with van der Waals surface area (Å²) in [6.07, 6.45) is 14.5. The van der Waals surface area contributed by atoms with Crippen LogP contribution < -0.4 is 32.7 Å². The van der Waals surface area contributed by atoms with Gasteiger partial charge in [0, 0.05) is 25.9 Å². The first-order valence-corrected chi connectivity index (χ1v) is 33.7. The Labute approximate surface area is 502 Å². The smallest absolute Gasteiger partial charge is 0.242 e. The molecule has 8 saturated carbocycles. The van der Waals surface area contributed by atoms with E-state index < -0.39 is 36.5 Å². The van der Waals surface area contributed by atoms with E-state index in [1.807, 2.05) is 24.3 Å². The normalized spacial score (nSPS) is 40.9. The van der Waals surface area contributed by atoms with Gasteiger partial charge < -0.3 is 63.4 Å². The first-order chi connectivity index (χ1) is 40.0. The molecule has 1 aromatic rings. The van der Waals surface area contributed by atoms with Crippen LogP contribution in [-0.2, 0) is 32.3 Å². The molecule has 0 unspecified atom stereocenters. The van der Waals surface area contributed by atoms with Crippen molar-refractivity contribution in [2.45, 2.75) is 257 Å². The van der Waals surface area contributed by atoms with Gasteiger partial charge in [0.1, 0.15) is 12.1 Å². The summed E-state index contributed by atoms with van der Waals surface area (Å²) in [5, 5.41) is 80.8. The van der Waals surface area contributed by atoms with E-state index in [9.17, 15) is 49.8 Å². The number of nitrogens with two attached hydrogens (primary N) is 2. The van der Waals surface area contributed by atoms with Crippen molar-refractivity contribution in [1.29, 1.82) is 0 Å². The second kappa shape index (κ2) is 27.3. The maximum absolute atomic E-state index is 13.8. The zero-order valence-electron chi connectivity index (χ0n) is 52.1. The standard InChI is InChI=1S/C68H112N6O10/c1-39(47-19-21-49-61-51(35-57(79)67(47,49)5)65(3)27-25-45(75)31-43(65)33-55(61)77)13-23-59(81)73-53(11-7-9-29-69)63(83)71-37-41-15-17-42(18-16-41)38-72-64(84)54(12-8-10-30-70)74-60(82)24-14-40(2)48-20-22-50-62-52(36-58(80)68(48,50)6)66(4)28-26-46(76)32-44(66)34-56(62)78/h15-18,39-40,43-58,61-62,75-80H,7-14,19-38,69-70H2,1-6H3,(H,71,83)(H,72,84)(H,73,81)(H,74,82)/t39-,40-,43+,44+,45-,46-,47-,48-,49+,50+,51+,52+,53+,54+,55-,56-,57+,58+,61+,62+,65+,66+,67-,68-/m1/s1. The highest BCUT2D eigenvalue weighted by atomic mass is 16.3. The zero-order chi connectivity index (χ0) is 60.5. The molecule has 84 heavy (non-hydrogen) atoms. The summed E-state index contributed by atoms with van der Waals surface area (Å²) in [7, 11) is 0. The monoisotopic (exact) mass is 1170 g/mol. The Morgan fingerprint density at radius 1 is 0.512 bits per heavy atom. The Hall–Kier alpha value is -3.22. The van der Waals surface area contributed by atoms with Crippen molar-refractivity contribution in [2.24, 2.45) is 104 Å². The molecular weight excluding hydrogens is 1060 g/mol. The number of rotatable bonds is 24. The van der Waals surface area contributed by atoms with Gasteiger partial charge in [-0.05, 0) is 258 Å². The average Bonchev–Trinajstić information content (AvgIpc) is 1.58. The van der Waals surface area contributed by atoms with Gasteiger partial charge in [-0.15, -0.1) is 0 Å². The number of aliphatic hydroxyl groups is 6. The van der Waals surface area contributed by atoms with Crippen LogP contribution in [0, 0.1) is 92.7 Å². The van der Waals surface area contributed by atoms with Gasteiger partial charge >= 0.3 is 0 Å². The van der Waals surface area contributed by atoms with Crippen LogP contribution in [0.3, 0.4) is 0 Å². The van der Waals surface area contributed by atoms with Gasteiger partial charge in [-0.2, -0.15) is 0 Å². The molecule has 0 heterocycles. The quantitative estimate of drug-likeness (QED) is 0.0471. The lowest BCUT2D eigenvalue weighted by atomic mass is 9.43. The Morgan fingerprint density at radius 2 is 0.893 bits per heavy atom. The van der Waals surface area contributed by atoms with Gasteiger partial charge in [0.05, 0.1) is 36.6 Å². The summed E-state index contributed by atoms with van der Waals surface area (Å²) in [6.45, 7) is 15.0. The van der Waals surface area contributed by atoms with Crippen LogP contribution in [0.25, 0.3) is 0 Å². The third-order valence-corrected chi connectivity index (χ3v) is 25.8. The molecule has 0 saturated heterocycles. The van der Waals surface area contributed by atoms with Crippen molar-refractivity contribution in [2.75, 3.05) is 13.1 Å². The predicted molar refractivity (Wildman–Crippen MR) is 325 cm³/mol. The number of amides is 4. The highest BCUT2D eigenvalue weighted by Gasteiger charge is 2.67. The van der Waals surface area contributed by atoms with Crippen molar-refractivity contribution in [3.63, 3.8) is 0 Å². The van der Waals surface area contributed by atoms with Crippen LogP contribution in [-0.4, -0.2) is 116 Å². The van der Waals surface area contributed by atoms with Crippen LogP contribution in [0.2, 0.25) is 0 Å². The van der Waals surface area contributed by atoms with E-state index in [0.717, 1.165) is 101 Å². The maximum Gasteiger partial charge on any atom is 0.242 e. The van der Waals surface area contributed by atoms with E-state index in [1.54, 1.807) is 0 Å². The number of fused-ring (bicyclic) bond motifs is 10. The third kappa shape index (κ3) is 13.1. The number of benzene rings is 1. The van der Waals surface area contributed by atoms with Crippen LogP contribution in [0.5, 0.6) is 0 Å². The van der Waals surface area contributed by atoms with Gasteiger partial charge in [0.15, 0.2) is 0 Å². The van der Waals surface area contributed by atoms with Crippen LogP contribution in [0.15, 0.2) is 24.3 Å². The molecule has 8 aliphatic carbocycles. The minimum Gasteiger partial charge on any atom is -0.393 e. The average molecular weight is 1170 g/mol. The fraction of sp³-hybridized carbons (Fsp3) is 0.853. The Balaban J connectivity index is 0.723. The van der Waals surface area contributed by atoms with Gasteiger partial charge in [0.25, 0.3) is 0 Å². The number of unbranched alkanes of at least 4 members (excludes halogenated alkanes) is 2. The number of hydrogen-bond donors (Lipinski definition) is 12.